The van der Waals surface area contributed by atoms with Gasteiger partial charge in [0.2, 0.25) is 10.0 Å². The molecule has 1 aromatic carbocycles. The van der Waals surface area contributed by atoms with Crippen LogP contribution in [0.1, 0.15) is 46.4 Å². The molecule has 2 aliphatic heterocycles. The van der Waals surface area contributed by atoms with Crippen molar-refractivity contribution in [1.82, 2.24) is 14.6 Å². The van der Waals surface area contributed by atoms with Crippen LogP contribution in [-0.4, -0.2) is 42.9 Å². The summed E-state index contributed by atoms with van der Waals surface area (Å²) in [5, 5.41) is 2.85. The largest absolute Gasteiger partial charge is 0.348 e. The number of hydrogen-bond donors (Lipinski definition) is 1. The van der Waals surface area contributed by atoms with Gasteiger partial charge in [-0.15, -0.1) is 0 Å². The third-order valence-corrected chi connectivity index (χ3v) is 6.98. The van der Waals surface area contributed by atoms with E-state index in [9.17, 15) is 13.2 Å². The number of fused-ring (bicyclic) bond motifs is 1. The number of carbonyl (C=O) groups excluding carboxylic acids is 1. The molecule has 7 nitrogen and oxygen atoms in total. The highest BCUT2D eigenvalue weighted by Crippen LogP contribution is 2.21. The monoisotopic (exact) mass is 398 g/mol. The molecular weight excluding hydrogens is 376 g/mol. The molecule has 2 aromatic rings. The van der Waals surface area contributed by atoms with Crippen LogP contribution in [0.4, 0.5) is 0 Å². The Morgan fingerprint density at radius 2 is 1.86 bits per heavy atom. The molecule has 3 heterocycles. The highest BCUT2D eigenvalue weighted by molar-refractivity contribution is 7.89. The van der Waals surface area contributed by atoms with Crippen LogP contribution in [0.25, 0.3) is 0 Å². The van der Waals surface area contributed by atoms with Gasteiger partial charge >= 0.3 is 0 Å². The number of rotatable bonds is 5. The van der Waals surface area contributed by atoms with Gasteiger partial charge in [0, 0.05) is 37.6 Å². The first-order valence-corrected chi connectivity index (χ1v) is 10.8. The van der Waals surface area contributed by atoms with Crippen LogP contribution in [-0.2, 0) is 23.1 Å². The molecule has 1 fully saturated rings. The molecule has 1 N–H and O–H groups in total. The summed E-state index contributed by atoms with van der Waals surface area (Å²) in [6.45, 7) is 2.03. The minimum Gasteiger partial charge on any atom is -0.348 e. The molecule has 146 valence electrons. The van der Waals surface area contributed by atoms with E-state index in [0.717, 1.165) is 36.1 Å². The third-order valence-electron chi connectivity index (χ3n) is 5.07. The van der Waals surface area contributed by atoms with E-state index < -0.39 is 10.0 Å². The van der Waals surface area contributed by atoms with Gasteiger partial charge < -0.3 is 5.32 Å². The SMILES string of the molecule is O=C(NCc1ccc(S(=O)(=O)N2CCCCC2)cc1)c1cnc2c(c1)CN=C2. The number of amides is 1. The van der Waals surface area contributed by atoms with E-state index in [0.29, 0.717) is 36.6 Å². The number of aromatic nitrogens is 1. The van der Waals surface area contributed by atoms with E-state index in [1.165, 1.54) is 0 Å². The molecule has 8 heteroatoms. The van der Waals surface area contributed by atoms with Gasteiger partial charge in [-0.3, -0.25) is 14.8 Å². The molecule has 0 radical (unpaired) electrons. The maximum Gasteiger partial charge on any atom is 0.253 e. The second-order valence-electron chi connectivity index (χ2n) is 7.03. The molecule has 2 aliphatic rings. The number of nitrogens with one attached hydrogen (secondary N) is 1. The Morgan fingerprint density at radius 1 is 1.11 bits per heavy atom. The Hall–Kier alpha value is -2.58. The fourth-order valence-electron chi connectivity index (χ4n) is 3.44. The predicted octanol–water partition coefficient (Wildman–Crippen LogP) is 2.12. The molecule has 0 spiro atoms. The Kier molecular flexibility index (Phi) is 5.23. The highest BCUT2D eigenvalue weighted by atomic mass is 32.2. The van der Waals surface area contributed by atoms with Crippen LogP contribution in [0.15, 0.2) is 46.4 Å². The Balaban J connectivity index is 1.39. The lowest BCUT2D eigenvalue weighted by Crippen LogP contribution is -2.35. The number of aliphatic imine (C=N–C) groups is 1. The van der Waals surface area contributed by atoms with Crippen LogP contribution < -0.4 is 5.32 Å². The van der Waals surface area contributed by atoms with E-state index >= 15 is 0 Å². The molecular formula is C20H22N4O3S. The van der Waals surface area contributed by atoms with Crippen LogP contribution in [0, 0.1) is 0 Å². The molecule has 28 heavy (non-hydrogen) atoms. The van der Waals surface area contributed by atoms with Crippen molar-refractivity contribution >= 4 is 22.1 Å². The number of carbonyl (C=O) groups is 1. The summed E-state index contributed by atoms with van der Waals surface area (Å²) in [7, 11) is -3.43. The lowest BCUT2D eigenvalue weighted by atomic mass is 10.1. The Labute approximate surface area is 164 Å². The van der Waals surface area contributed by atoms with Gasteiger partial charge in [0.05, 0.1) is 22.7 Å². The average molecular weight is 398 g/mol. The summed E-state index contributed by atoms with van der Waals surface area (Å²) in [5.74, 6) is -0.216. The van der Waals surface area contributed by atoms with Gasteiger partial charge in [-0.2, -0.15) is 4.31 Å². The second-order valence-corrected chi connectivity index (χ2v) is 8.97. The van der Waals surface area contributed by atoms with E-state index in [2.05, 4.69) is 15.3 Å². The molecule has 0 aliphatic carbocycles. The summed E-state index contributed by atoms with van der Waals surface area (Å²) >= 11 is 0. The van der Waals surface area contributed by atoms with Gasteiger partial charge in [-0.25, -0.2) is 8.42 Å². The Morgan fingerprint density at radius 3 is 2.61 bits per heavy atom. The van der Waals surface area contributed by atoms with Crippen molar-refractivity contribution in [1.29, 1.82) is 0 Å². The maximum absolute atomic E-state index is 12.7. The van der Waals surface area contributed by atoms with Crippen LogP contribution in [0.2, 0.25) is 0 Å². The molecule has 1 amide bonds. The summed E-state index contributed by atoms with van der Waals surface area (Å²) < 4.78 is 26.9. The number of pyridine rings is 1. The van der Waals surface area contributed by atoms with Crippen LogP contribution in [0.3, 0.4) is 0 Å². The van der Waals surface area contributed by atoms with Crippen molar-refractivity contribution < 1.29 is 13.2 Å². The molecule has 1 saturated heterocycles. The third kappa shape index (κ3) is 3.83. The number of hydrogen-bond acceptors (Lipinski definition) is 5. The zero-order valence-electron chi connectivity index (χ0n) is 15.5. The molecule has 0 saturated carbocycles. The van der Waals surface area contributed by atoms with E-state index in [1.807, 2.05) is 0 Å². The van der Waals surface area contributed by atoms with Gasteiger partial charge in [-0.1, -0.05) is 18.6 Å². The minimum absolute atomic E-state index is 0.216. The Bertz CT molecular complexity index is 1010. The van der Waals surface area contributed by atoms with Gasteiger partial charge in [-0.05, 0) is 36.6 Å². The second kappa shape index (κ2) is 7.81. The molecule has 0 unspecified atom stereocenters. The summed E-state index contributed by atoms with van der Waals surface area (Å²) in [5.41, 5.74) is 3.08. The van der Waals surface area contributed by atoms with Gasteiger partial charge in [0.15, 0.2) is 0 Å². The smallest absolute Gasteiger partial charge is 0.253 e. The van der Waals surface area contributed by atoms with E-state index in [4.69, 9.17) is 0 Å². The normalized spacial score (nSPS) is 16.7. The van der Waals surface area contributed by atoms with Gasteiger partial charge in [0.25, 0.3) is 5.91 Å². The number of benzene rings is 1. The van der Waals surface area contributed by atoms with Crippen molar-refractivity contribution in [3.63, 3.8) is 0 Å². The van der Waals surface area contributed by atoms with Crippen LogP contribution in [0.5, 0.6) is 0 Å². The van der Waals surface area contributed by atoms with Crippen molar-refractivity contribution in [3.05, 3.63) is 58.9 Å². The number of piperidine rings is 1. The lowest BCUT2D eigenvalue weighted by molar-refractivity contribution is 0.0950. The van der Waals surface area contributed by atoms with Crippen molar-refractivity contribution in [2.24, 2.45) is 4.99 Å². The molecule has 4 rings (SSSR count). The topological polar surface area (TPSA) is 91.7 Å². The molecule has 0 bridgehead atoms. The zero-order chi connectivity index (χ0) is 19.6. The van der Waals surface area contributed by atoms with E-state index in [-0.39, 0.29) is 5.91 Å². The first-order valence-electron chi connectivity index (χ1n) is 9.40. The number of nitrogens with zero attached hydrogens (tertiary/aromatic N) is 3. The van der Waals surface area contributed by atoms with E-state index in [1.54, 1.807) is 47.0 Å². The molecule has 1 aromatic heterocycles. The maximum atomic E-state index is 12.7. The van der Waals surface area contributed by atoms with Crippen LogP contribution >= 0.6 is 0 Å². The zero-order valence-corrected chi connectivity index (χ0v) is 16.3. The standard InChI is InChI=1S/C20H22N4O3S/c25-20(17-10-16-12-21-14-19(16)22-13-17)23-11-15-4-6-18(7-5-15)28(26,27)24-8-2-1-3-9-24/h4-7,10,13-14H,1-3,8-9,11-12H2,(H,23,25). The summed E-state index contributed by atoms with van der Waals surface area (Å²) in [6.07, 6.45) is 6.15. The molecule has 0 atom stereocenters. The lowest BCUT2D eigenvalue weighted by Gasteiger charge is -2.25. The number of sulfonamides is 1. The van der Waals surface area contributed by atoms with Crippen molar-refractivity contribution in [2.45, 2.75) is 37.2 Å². The fourth-order valence-corrected chi connectivity index (χ4v) is 4.95. The fraction of sp³-hybridized carbons (Fsp3) is 0.350. The average Bonchev–Trinajstić information content (AvgIpc) is 3.21. The highest BCUT2D eigenvalue weighted by Gasteiger charge is 2.25. The summed E-state index contributed by atoms with van der Waals surface area (Å²) in [4.78, 5) is 21.0. The first kappa shape index (κ1) is 18.8. The predicted molar refractivity (Wildman–Crippen MR) is 106 cm³/mol. The minimum atomic E-state index is -3.43. The van der Waals surface area contributed by atoms with Crippen molar-refractivity contribution in [3.8, 4) is 0 Å². The quantitative estimate of drug-likeness (QED) is 0.835. The van der Waals surface area contributed by atoms with Gasteiger partial charge in [0.1, 0.15) is 0 Å². The first-order chi connectivity index (χ1) is 13.5. The van der Waals surface area contributed by atoms with Crippen molar-refractivity contribution in [2.75, 3.05) is 13.1 Å². The summed E-state index contributed by atoms with van der Waals surface area (Å²) in [6, 6.07) is 8.51.